The molecule has 0 amide bonds. The second-order valence-electron chi connectivity index (χ2n) is 5.29. The zero-order valence-corrected chi connectivity index (χ0v) is 11.4. The standard InChI is InChI=1S/C15H19NO3/c1-9(2)16-8-13(10(3)6-15(18)19)12-7-11(17)4-5-14(12)16/h4-5,7-10,17H,6H2,1-3H3,(H,18,19). The first kappa shape index (κ1) is 13.5. The van der Waals surface area contributed by atoms with Gasteiger partial charge in [0.15, 0.2) is 0 Å². The summed E-state index contributed by atoms with van der Waals surface area (Å²) in [5, 5.41) is 19.5. The van der Waals surface area contributed by atoms with Crippen LogP contribution in [0.25, 0.3) is 10.9 Å². The Morgan fingerprint density at radius 3 is 2.58 bits per heavy atom. The Morgan fingerprint density at radius 2 is 2.00 bits per heavy atom. The van der Waals surface area contributed by atoms with E-state index in [0.717, 1.165) is 16.5 Å². The third-order valence-electron chi connectivity index (χ3n) is 3.42. The number of aromatic hydroxyl groups is 1. The summed E-state index contributed by atoms with van der Waals surface area (Å²) < 4.78 is 2.11. The molecule has 0 saturated carbocycles. The fourth-order valence-electron chi connectivity index (χ4n) is 2.46. The number of hydrogen-bond acceptors (Lipinski definition) is 2. The van der Waals surface area contributed by atoms with Crippen molar-refractivity contribution in [1.82, 2.24) is 4.57 Å². The van der Waals surface area contributed by atoms with Gasteiger partial charge >= 0.3 is 5.97 Å². The van der Waals surface area contributed by atoms with Gasteiger partial charge in [-0.2, -0.15) is 0 Å². The molecule has 1 aromatic heterocycles. The Balaban J connectivity index is 2.59. The Kier molecular flexibility index (Phi) is 3.51. The molecule has 1 heterocycles. The van der Waals surface area contributed by atoms with Gasteiger partial charge < -0.3 is 14.8 Å². The number of aromatic nitrogens is 1. The average molecular weight is 261 g/mol. The number of rotatable bonds is 4. The minimum Gasteiger partial charge on any atom is -0.508 e. The summed E-state index contributed by atoms with van der Waals surface area (Å²) in [5.74, 6) is -0.683. The maximum absolute atomic E-state index is 10.9. The van der Waals surface area contributed by atoms with Crippen molar-refractivity contribution < 1.29 is 15.0 Å². The highest BCUT2D eigenvalue weighted by molar-refractivity contribution is 5.86. The molecule has 2 aromatic rings. The molecular formula is C15H19NO3. The molecule has 0 bridgehead atoms. The number of fused-ring (bicyclic) bond motifs is 1. The SMILES string of the molecule is CC(CC(=O)O)c1cn(C(C)C)c2ccc(O)cc12. The number of hydrogen-bond donors (Lipinski definition) is 2. The number of carboxylic acids is 1. The van der Waals surface area contributed by atoms with E-state index >= 15 is 0 Å². The predicted octanol–water partition coefficient (Wildman–Crippen LogP) is 3.51. The molecule has 0 radical (unpaired) electrons. The summed E-state index contributed by atoms with van der Waals surface area (Å²) in [6.07, 6.45) is 2.09. The Morgan fingerprint density at radius 1 is 1.32 bits per heavy atom. The molecule has 19 heavy (non-hydrogen) atoms. The molecule has 2 N–H and O–H groups in total. The molecule has 2 rings (SSSR count). The molecule has 0 spiro atoms. The van der Waals surface area contributed by atoms with Gasteiger partial charge in [-0.05, 0) is 43.5 Å². The minimum absolute atomic E-state index is 0.0817. The highest BCUT2D eigenvalue weighted by Gasteiger charge is 2.18. The topological polar surface area (TPSA) is 62.5 Å². The fourth-order valence-corrected chi connectivity index (χ4v) is 2.46. The zero-order chi connectivity index (χ0) is 14.2. The monoisotopic (exact) mass is 261 g/mol. The van der Waals surface area contributed by atoms with Crippen molar-refractivity contribution in [3.63, 3.8) is 0 Å². The lowest BCUT2D eigenvalue weighted by atomic mass is 9.97. The molecule has 4 heteroatoms. The van der Waals surface area contributed by atoms with E-state index in [1.165, 1.54) is 0 Å². The number of phenols is 1. The van der Waals surface area contributed by atoms with E-state index < -0.39 is 5.97 Å². The van der Waals surface area contributed by atoms with Crippen molar-refractivity contribution in [3.8, 4) is 5.75 Å². The van der Waals surface area contributed by atoms with E-state index in [4.69, 9.17) is 5.11 Å². The molecule has 0 aliphatic rings. The van der Waals surface area contributed by atoms with E-state index in [-0.39, 0.29) is 24.1 Å². The van der Waals surface area contributed by atoms with E-state index in [2.05, 4.69) is 18.4 Å². The first-order valence-corrected chi connectivity index (χ1v) is 6.45. The van der Waals surface area contributed by atoms with E-state index in [9.17, 15) is 9.90 Å². The molecule has 0 aliphatic heterocycles. The van der Waals surface area contributed by atoms with Crippen LogP contribution in [0, 0.1) is 0 Å². The highest BCUT2D eigenvalue weighted by Crippen LogP contribution is 2.33. The first-order chi connectivity index (χ1) is 8.90. The van der Waals surface area contributed by atoms with Crippen molar-refractivity contribution in [2.45, 2.75) is 39.2 Å². The lowest BCUT2D eigenvalue weighted by Gasteiger charge is -2.09. The third-order valence-corrected chi connectivity index (χ3v) is 3.42. The highest BCUT2D eigenvalue weighted by atomic mass is 16.4. The van der Waals surface area contributed by atoms with Gasteiger partial charge in [0.25, 0.3) is 0 Å². The van der Waals surface area contributed by atoms with Gasteiger partial charge in [0.05, 0.1) is 6.42 Å². The number of phenolic OH excluding ortho intramolecular Hbond substituents is 1. The van der Waals surface area contributed by atoms with Gasteiger partial charge in [-0.15, -0.1) is 0 Å². The van der Waals surface area contributed by atoms with Crippen LogP contribution in [0.2, 0.25) is 0 Å². The summed E-state index contributed by atoms with van der Waals surface area (Å²) in [4.78, 5) is 10.9. The largest absolute Gasteiger partial charge is 0.508 e. The van der Waals surface area contributed by atoms with Crippen LogP contribution in [0.4, 0.5) is 0 Å². The second kappa shape index (κ2) is 4.96. The normalized spacial score (nSPS) is 13.1. The van der Waals surface area contributed by atoms with E-state index in [0.29, 0.717) is 0 Å². The van der Waals surface area contributed by atoms with Crippen molar-refractivity contribution in [1.29, 1.82) is 0 Å². The van der Waals surface area contributed by atoms with Gasteiger partial charge in [-0.3, -0.25) is 4.79 Å². The maximum Gasteiger partial charge on any atom is 0.303 e. The lowest BCUT2D eigenvalue weighted by molar-refractivity contribution is -0.137. The average Bonchev–Trinajstić information content (AvgIpc) is 2.66. The summed E-state index contributed by atoms with van der Waals surface area (Å²) in [6.45, 7) is 6.06. The van der Waals surface area contributed by atoms with Crippen molar-refractivity contribution in [2.24, 2.45) is 0 Å². The second-order valence-corrected chi connectivity index (χ2v) is 5.29. The number of aliphatic carboxylic acids is 1. The van der Waals surface area contributed by atoms with Crippen LogP contribution in [-0.4, -0.2) is 20.7 Å². The summed E-state index contributed by atoms with van der Waals surface area (Å²) in [7, 11) is 0. The fraction of sp³-hybridized carbons (Fsp3) is 0.400. The summed E-state index contributed by atoms with van der Waals surface area (Å²) >= 11 is 0. The van der Waals surface area contributed by atoms with E-state index in [1.54, 1.807) is 12.1 Å². The number of nitrogens with zero attached hydrogens (tertiary/aromatic N) is 1. The van der Waals surface area contributed by atoms with Crippen LogP contribution in [0.1, 0.15) is 44.7 Å². The minimum atomic E-state index is -0.807. The lowest BCUT2D eigenvalue weighted by Crippen LogP contribution is -2.02. The van der Waals surface area contributed by atoms with Crippen molar-refractivity contribution in [3.05, 3.63) is 30.0 Å². The summed E-state index contributed by atoms with van der Waals surface area (Å²) in [6, 6.07) is 5.54. The molecule has 0 saturated heterocycles. The van der Waals surface area contributed by atoms with Gasteiger partial charge in [0.1, 0.15) is 5.75 Å². The Bertz CT molecular complexity index is 613. The van der Waals surface area contributed by atoms with Crippen LogP contribution >= 0.6 is 0 Å². The third kappa shape index (κ3) is 2.57. The maximum atomic E-state index is 10.9. The molecule has 1 atom stereocenters. The van der Waals surface area contributed by atoms with Crippen molar-refractivity contribution >= 4 is 16.9 Å². The van der Waals surface area contributed by atoms with Crippen molar-refractivity contribution in [2.75, 3.05) is 0 Å². The number of carboxylic acid groups (broad SMARTS) is 1. The van der Waals surface area contributed by atoms with Crippen LogP contribution in [0.15, 0.2) is 24.4 Å². The first-order valence-electron chi connectivity index (χ1n) is 6.45. The van der Waals surface area contributed by atoms with Crippen LogP contribution in [0.3, 0.4) is 0 Å². The van der Waals surface area contributed by atoms with E-state index in [1.807, 2.05) is 19.2 Å². The van der Waals surface area contributed by atoms with Crippen LogP contribution in [-0.2, 0) is 4.79 Å². The van der Waals surface area contributed by atoms with Crippen LogP contribution < -0.4 is 0 Å². The number of benzene rings is 1. The van der Waals surface area contributed by atoms with Gasteiger partial charge in [-0.1, -0.05) is 6.92 Å². The molecular weight excluding hydrogens is 242 g/mol. The molecule has 0 fully saturated rings. The molecule has 102 valence electrons. The quantitative estimate of drug-likeness (QED) is 0.885. The number of carbonyl (C=O) groups is 1. The predicted molar refractivity (Wildman–Crippen MR) is 74.7 cm³/mol. The van der Waals surface area contributed by atoms with Gasteiger partial charge in [0, 0.05) is 23.1 Å². The molecule has 0 aliphatic carbocycles. The smallest absolute Gasteiger partial charge is 0.303 e. The zero-order valence-electron chi connectivity index (χ0n) is 11.4. The van der Waals surface area contributed by atoms with Gasteiger partial charge in [-0.25, -0.2) is 0 Å². The Hall–Kier alpha value is -1.97. The Labute approximate surface area is 112 Å². The molecule has 4 nitrogen and oxygen atoms in total. The van der Waals surface area contributed by atoms with Gasteiger partial charge in [0.2, 0.25) is 0 Å². The molecule has 1 aromatic carbocycles. The van der Waals surface area contributed by atoms with Crippen LogP contribution in [0.5, 0.6) is 5.75 Å². The summed E-state index contributed by atoms with van der Waals surface area (Å²) in [5.41, 5.74) is 2.00. The molecule has 1 unspecified atom stereocenters.